The molecule has 10 heteroatoms. The molecule has 0 fully saturated rings. The molecular formula is C27H17Cl2N3O5. The van der Waals surface area contributed by atoms with Gasteiger partial charge in [0, 0.05) is 29.0 Å². The number of anilines is 1. The summed E-state index contributed by atoms with van der Waals surface area (Å²) in [5, 5.41) is 15.8. The van der Waals surface area contributed by atoms with Crippen molar-refractivity contribution in [3.05, 3.63) is 115 Å². The van der Waals surface area contributed by atoms with Gasteiger partial charge in [-0.1, -0.05) is 47.5 Å². The van der Waals surface area contributed by atoms with Crippen molar-refractivity contribution in [3.63, 3.8) is 0 Å². The number of ether oxygens (including phenoxy) is 1. The van der Waals surface area contributed by atoms with Crippen molar-refractivity contribution in [2.24, 2.45) is 0 Å². The molecule has 1 amide bonds. The third-order valence-electron chi connectivity index (χ3n) is 5.69. The fourth-order valence-electron chi connectivity index (χ4n) is 4.09. The molecule has 1 aromatic heterocycles. The van der Waals surface area contributed by atoms with E-state index in [1.165, 1.54) is 30.3 Å². The first-order valence-corrected chi connectivity index (χ1v) is 11.8. The number of rotatable bonds is 6. The van der Waals surface area contributed by atoms with Gasteiger partial charge in [-0.15, -0.1) is 0 Å². The molecule has 0 aliphatic heterocycles. The second-order valence-electron chi connectivity index (χ2n) is 8.15. The average Bonchev–Trinajstić information content (AvgIpc) is 2.88. The summed E-state index contributed by atoms with van der Waals surface area (Å²) < 4.78 is 7.48. The maximum absolute atomic E-state index is 13.1. The van der Waals surface area contributed by atoms with Gasteiger partial charge in [0.2, 0.25) is 5.91 Å². The highest BCUT2D eigenvalue weighted by atomic mass is 35.5. The normalized spacial score (nSPS) is 11.0. The summed E-state index contributed by atoms with van der Waals surface area (Å²) in [4.78, 5) is 37.0. The number of nitrogens with one attached hydrogen (secondary N) is 1. The van der Waals surface area contributed by atoms with Crippen LogP contribution < -0.4 is 15.5 Å². The lowest BCUT2D eigenvalue weighted by molar-refractivity contribution is -0.384. The van der Waals surface area contributed by atoms with Crippen molar-refractivity contribution >= 4 is 62.3 Å². The van der Waals surface area contributed by atoms with E-state index in [0.29, 0.717) is 32.6 Å². The molecule has 0 saturated carbocycles. The van der Waals surface area contributed by atoms with Crippen molar-refractivity contribution in [2.75, 3.05) is 5.32 Å². The van der Waals surface area contributed by atoms with E-state index in [9.17, 15) is 19.7 Å². The lowest BCUT2D eigenvalue weighted by Crippen LogP contribution is -2.21. The highest BCUT2D eigenvalue weighted by Gasteiger charge is 2.16. The molecule has 37 heavy (non-hydrogen) atoms. The zero-order chi connectivity index (χ0) is 26.1. The molecule has 0 radical (unpaired) electrons. The van der Waals surface area contributed by atoms with Gasteiger partial charge in [-0.2, -0.15) is 0 Å². The summed E-state index contributed by atoms with van der Waals surface area (Å²) >= 11 is 12.0. The summed E-state index contributed by atoms with van der Waals surface area (Å²) in [6, 6.07) is 22.6. The molecule has 0 aliphatic carbocycles. The van der Waals surface area contributed by atoms with E-state index in [2.05, 4.69) is 5.32 Å². The zero-order valence-electron chi connectivity index (χ0n) is 19.0. The minimum absolute atomic E-state index is 0.120. The minimum atomic E-state index is -0.583. The van der Waals surface area contributed by atoms with Crippen LogP contribution in [0.4, 0.5) is 11.4 Å². The largest absolute Gasteiger partial charge is 0.457 e. The topological polar surface area (TPSA) is 103 Å². The Kier molecular flexibility index (Phi) is 6.52. The van der Waals surface area contributed by atoms with Crippen LogP contribution in [-0.2, 0) is 11.3 Å². The number of hydrogen-bond acceptors (Lipinski definition) is 5. The quantitative estimate of drug-likeness (QED) is 0.147. The second-order valence-corrected chi connectivity index (χ2v) is 8.96. The number of halogens is 2. The highest BCUT2D eigenvalue weighted by Crippen LogP contribution is 2.33. The Bertz CT molecular complexity index is 1710. The van der Waals surface area contributed by atoms with Gasteiger partial charge in [-0.25, -0.2) is 0 Å². The van der Waals surface area contributed by atoms with Crippen molar-refractivity contribution in [1.82, 2.24) is 4.57 Å². The average molecular weight is 534 g/mol. The molecule has 1 heterocycles. The molecule has 0 bridgehead atoms. The maximum Gasteiger partial charge on any atom is 0.275 e. The number of carbonyl (C=O) groups excluding carboxylic acids is 1. The van der Waals surface area contributed by atoms with Crippen molar-refractivity contribution in [3.8, 4) is 11.5 Å². The molecule has 184 valence electrons. The van der Waals surface area contributed by atoms with Gasteiger partial charge in [-0.05, 0) is 36.4 Å². The fraction of sp³-hybridized carbons (Fsp3) is 0.0370. The molecule has 5 rings (SSSR count). The zero-order valence-corrected chi connectivity index (χ0v) is 20.5. The van der Waals surface area contributed by atoms with E-state index < -0.39 is 10.8 Å². The van der Waals surface area contributed by atoms with Crippen LogP contribution in [0.5, 0.6) is 11.5 Å². The van der Waals surface area contributed by atoms with Crippen LogP contribution in [0.3, 0.4) is 0 Å². The van der Waals surface area contributed by atoms with Crippen LogP contribution in [0, 0.1) is 10.1 Å². The summed E-state index contributed by atoms with van der Waals surface area (Å²) in [6.07, 6.45) is 0. The lowest BCUT2D eigenvalue weighted by Gasteiger charge is -2.15. The molecule has 5 aromatic rings. The number of nitro benzene ring substituents is 1. The molecule has 4 aromatic carbocycles. The van der Waals surface area contributed by atoms with Gasteiger partial charge < -0.3 is 14.6 Å². The Balaban J connectivity index is 1.48. The molecule has 0 saturated heterocycles. The standard InChI is InChI=1S/C27H17Cl2N3O5/c28-22-10-9-18(14-23(22)29)37-19-12-16(11-17(13-19)32(35)36)30-26(33)15-31-24-7-3-1-5-20(24)27(34)21-6-2-4-8-25(21)31/h1-14H,15H2,(H,30,33). The molecule has 8 nitrogen and oxygen atoms in total. The first-order chi connectivity index (χ1) is 17.8. The van der Waals surface area contributed by atoms with Crippen LogP contribution >= 0.6 is 23.2 Å². The summed E-state index contributed by atoms with van der Waals surface area (Å²) in [5.74, 6) is 0.000428. The predicted octanol–water partition coefficient (Wildman–Crippen LogP) is 6.80. The number of para-hydroxylation sites is 2. The van der Waals surface area contributed by atoms with E-state index in [-0.39, 0.29) is 34.1 Å². The van der Waals surface area contributed by atoms with E-state index in [1.807, 2.05) is 0 Å². The number of fused-ring (bicyclic) bond motifs is 2. The third kappa shape index (κ3) is 4.97. The van der Waals surface area contributed by atoms with Crippen molar-refractivity contribution in [2.45, 2.75) is 6.54 Å². The summed E-state index contributed by atoms with van der Waals surface area (Å²) in [5.41, 5.74) is 0.981. The van der Waals surface area contributed by atoms with E-state index >= 15 is 0 Å². The molecular weight excluding hydrogens is 517 g/mol. The third-order valence-corrected chi connectivity index (χ3v) is 6.43. The first-order valence-electron chi connectivity index (χ1n) is 11.0. The molecule has 0 spiro atoms. The lowest BCUT2D eigenvalue weighted by atomic mass is 10.1. The molecule has 0 unspecified atom stereocenters. The molecule has 1 N–H and O–H groups in total. The molecule has 0 aliphatic rings. The number of amides is 1. The van der Waals surface area contributed by atoms with Gasteiger partial charge in [0.05, 0.1) is 37.8 Å². The highest BCUT2D eigenvalue weighted by molar-refractivity contribution is 6.42. The van der Waals surface area contributed by atoms with Crippen LogP contribution in [0.2, 0.25) is 10.0 Å². The van der Waals surface area contributed by atoms with Crippen molar-refractivity contribution in [1.29, 1.82) is 0 Å². The summed E-state index contributed by atoms with van der Waals surface area (Å²) in [6.45, 7) is -0.132. The van der Waals surface area contributed by atoms with Gasteiger partial charge in [-0.3, -0.25) is 19.7 Å². The number of hydrogen-bond donors (Lipinski definition) is 1. The van der Waals surface area contributed by atoms with Crippen LogP contribution in [0.15, 0.2) is 89.7 Å². The number of non-ortho nitro benzene ring substituents is 1. The monoisotopic (exact) mass is 533 g/mol. The summed E-state index contributed by atoms with van der Waals surface area (Å²) in [7, 11) is 0. The Hall–Kier alpha value is -4.40. The number of pyridine rings is 1. The Labute approximate surface area is 219 Å². The predicted molar refractivity (Wildman–Crippen MR) is 144 cm³/mol. The Morgan fingerprint density at radius 1 is 0.865 bits per heavy atom. The van der Waals surface area contributed by atoms with Gasteiger partial charge in [0.25, 0.3) is 5.69 Å². The smallest absolute Gasteiger partial charge is 0.275 e. The number of nitro groups is 1. The van der Waals surface area contributed by atoms with Crippen LogP contribution in [0.1, 0.15) is 0 Å². The van der Waals surface area contributed by atoms with Gasteiger partial charge >= 0.3 is 0 Å². The Morgan fingerprint density at radius 2 is 1.51 bits per heavy atom. The van der Waals surface area contributed by atoms with Crippen LogP contribution in [0.25, 0.3) is 21.8 Å². The van der Waals surface area contributed by atoms with Gasteiger partial charge in [0.1, 0.15) is 18.0 Å². The second kappa shape index (κ2) is 9.93. The SMILES string of the molecule is O=C(Cn1c2ccccc2c(=O)c2ccccc21)Nc1cc(Oc2ccc(Cl)c(Cl)c2)cc([N+](=O)[O-])c1. The Morgan fingerprint density at radius 3 is 2.14 bits per heavy atom. The van der Waals surface area contributed by atoms with Gasteiger partial charge in [0.15, 0.2) is 5.43 Å². The number of nitrogens with zero attached hydrogens (tertiary/aromatic N) is 2. The molecule has 0 atom stereocenters. The number of carbonyl (C=O) groups is 1. The van der Waals surface area contributed by atoms with E-state index in [4.69, 9.17) is 27.9 Å². The van der Waals surface area contributed by atoms with Crippen molar-refractivity contribution < 1.29 is 14.5 Å². The van der Waals surface area contributed by atoms with E-state index in [0.717, 1.165) is 0 Å². The first kappa shape index (κ1) is 24.3. The van der Waals surface area contributed by atoms with E-state index in [1.54, 1.807) is 59.2 Å². The number of benzene rings is 4. The minimum Gasteiger partial charge on any atom is -0.457 e. The fourth-order valence-corrected chi connectivity index (χ4v) is 4.38. The maximum atomic E-state index is 13.1. The van der Waals surface area contributed by atoms with Crippen LogP contribution in [-0.4, -0.2) is 15.4 Å². The number of aromatic nitrogens is 1.